The predicted molar refractivity (Wildman–Crippen MR) is 97.6 cm³/mol. The molecule has 3 rings (SSSR count). The average molecular weight is 314 g/mol. The lowest BCUT2D eigenvalue weighted by Gasteiger charge is -2.07. The van der Waals surface area contributed by atoms with Gasteiger partial charge in [0.1, 0.15) is 11.8 Å². The number of nitriles is 1. The molecule has 0 aliphatic heterocycles. The molecule has 0 N–H and O–H groups in total. The molecular formula is C21H18N2O. The molecule has 0 radical (unpaired) electrons. The van der Waals surface area contributed by atoms with Crippen molar-refractivity contribution in [3.05, 3.63) is 71.4 Å². The van der Waals surface area contributed by atoms with Crippen LogP contribution in [0.25, 0.3) is 23.1 Å². The number of hydrogen-bond acceptors (Lipinski definition) is 3. The van der Waals surface area contributed by atoms with Gasteiger partial charge >= 0.3 is 0 Å². The number of fused-ring (bicyclic) bond motifs is 1. The van der Waals surface area contributed by atoms with Gasteiger partial charge in [-0.05, 0) is 55.8 Å². The molecule has 3 aromatic rings. The molecule has 0 bridgehead atoms. The third-order valence-electron chi connectivity index (χ3n) is 3.69. The van der Waals surface area contributed by atoms with Crippen LogP contribution in [0.4, 0.5) is 0 Å². The topological polar surface area (TPSA) is 45.9 Å². The summed E-state index contributed by atoms with van der Waals surface area (Å²) in [5.74, 6) is 0.695. The standard InChI is InChI=1S/C21H18N2O/c1-15-3-12-21-18(13-15)7-9-19(23-21)8-4-17-5-10-20(11-6-17)24-16(2)14-22/h3-13,16H,1-2H3/b8-4+. The zero-order valence-electron chi connectivity index (χ0n) is 13.7. The molecule has 2 aromatic carbocycles. The molecule has 0 saturated carbocycles. The van der Waals surface area contributed by atoms with Crippen molar-refractivity contribution >= 4 is 23.1 Å². The summed E-state index contributed by atoms with van der Waals surface area (Å²) in [7, 11) is 0. The van der Waals surface area contributed by atoms with Crippen LogP contribution < -0.4 is 4.74 Å². The molecule has 0 saturated heterocycles. The van der Waals surface area contributed by atoms with Crippen molar-refractivity contribution in [2.24, 2.45) is 0 Å². The van der Waals surface area contributed by atoms with E-state index in [2.05, 4.69) is 30.1 Å². The summed E-state index contributed by atoms with van der Waals surface area (Å²) < 4.78 is 5.44. The summed E-state index contributed by atoms with van der Waals surface area (Å²) in [6, 6.07) is 20.1. The van der Waals surface area contributed by atoms with Gasteiger partial charge in [0.25, 0.3) is 0 Å². The van der Waals surface area contributed by atoms with E-state index in [1.54, 1.807) is 6.92 Å². The molecule has 118 valence electrons. The smallest absolute Gasteiger partial charge is 0.181 e. The van der Waals surface area contributed by atoms with Crippen LogP contribution in [-0.2, 0) is 0 Å². The van der Waals surface area contributed by atoms with Crippen LogP contribution in [0.3, 0.4) is 0 Å². The van der Waals surface area contributed by atoms with Gasteiger partial charge in [0.05, 0.1) is 11.2 Å². The predicted octanol–water partition coefficient (Wildman–Crippen LogP) is 5.00. The van der Waals surface area contributed by atoms with Crippen LogP contribution in [0.5, 0.6) is 5.75 Å². The molecule has 3 heteroatoms. The van der Waals surface area contributed by atoms with Crippen molar-refractivity contribution in [3.63, 3.8) is 0 Å². The van der Waals surface area contributed by atoms with Gasteiger partial charge < -0.3 is 4.74 Å². The van der Waals surface area contributed by atoms with Gasteiger partial charge in [-0.15, -0.1) is 0 Å². The minimum atomic E-state index is -0.447. The van der Waals surface area contributed by atoms with Crippen molar-refractivity contribution in [3.8, 4) is 11.8 Å². The van der Waals surface area contributed by atoms with Gasteiger partial charge in [-0.1, -0.05) is 35.9 Å². The Morgan fingerprint density at radius 3 is 2.58 bits per heavy atom. The van der Waals surface area contributed by atoms with Gasteiger partial charge in [0, 0.05) is 5.39 Å². The van der Waals surface area contributed by atoms with Crippen molar-refractivity contribution in [1.29, 1.82) is 5.26 Å². The number of ether oxygens (including phenoxy) is 1. The first-order valence-corrected chi connectivity index (χ1v) is 7.86. The van der Waals surface area contributed by atoms with Crippen LogP contribution in [-0.4, -0.2) is 11.1 Å². The highest BCUT2D eigenvalue weighted by molar-refractivity contribution is 5.81. The van der Waals surface area contributed by atoms with Gasteiger partial charge in [-0.25, -0.2) is 4.98 Å². The lowest BCUT2D eigenvalue weighted by atomic mass is 10.1. The number of rotatable bonds is 4. The minimum Gasteiger partial charge on any atom is -0.476 e. The molecule has 0 amide bonds. The van der Waals surface area contributed by atoms with E-state index in [0.717, 1.165) is 22.2 Å². The minimum absolute atomic E-state index is 0.447. The van der Waals surface area contributed by atoms with Gasteiger partial charge in [0.2, 0.25) is 0 Å². The second kappa shape index (κ2) is 6.97. The Morgan fingerprint density at radius 2 is 1.83 bits per heavy atom. The number of pyridine rings is 1. The Morgan fingerprint density at radius 1 is 1.04 bits per heavy atom. The first kappa shape index (κ1) is 15.8. The van der Waals surface area contributed by atoms with Crippen LogP contribution in [0.2, 0.25) is 0 Å². The maximum Gasteiger partial charge on any atom is 0.181 e. The first-order chi connectivity index (χ1) is 11.6. The fourth-order valence-electron chi connectivity index (χ4n) is 2.42. The number of aryl methyl sites for hydroxylation is 1. The van der Waals surface area contributed by atoms with Crippen LogP contribution in [0.15, 0.2) is 54.6 Å². The van der Waals surface area contributed by atoms with Crippen molar-refractivity contribution in [1.82, 2.24) is 4.98 Å². The highest BCUT2D eigenvalue weighted by Gasteiger charge is 2.01. The van der Waals surface area contributed by atoms with Gasteiger partial charge in [-0.2, -0.15) is 5.26 Å². The van der Waals surface area contributed by atoms with E-state index in [4.69, 9.17) is 10.00 Å². The molecule has 1 aromatic heterocycles. The average Bonchev–Trinajstić information content (AvgIpc) is 2.61. The van der Waals surface area contributed by atoms with E-state index in [1.165, 1.54) is 5.56 Å². The normalized spacial score (nSPS) is 12.2. The summed E-state index contributed by atoms with van der Waals surface area (Å²) in [6.07, 6.45) is 3.56. The highest BCUT2D eigenvalue weighted by atomic mass is 16.5. The van der Waals surface area contributed by atoms with Crippen LogP contribution in [0.1, 0.15) is 23.7 Å². The molecule has 3 nitrogen and oxygen atoms in total. The number of benzene rings is 2. The van der Waals surface area contributed by atoms with Crippen molar-refractivity contribution in [2.45, 2.75) is 20.0 Å². The lowest BCUT2D eigenvalue weighted by molar-refractivity contribution is 0.276. The second-order valence-corrected chi connectivity index (χ2v) is 5.72. The van der Waals surface area contributed by atoms with Crippen LogP contribution >= 0.6 is 0 Å². The summed E-state index contributed by atoms with van der Waals surface area (Å²) in [5.41, 5.74) is 4.21. The molecule has 1 heterocycles. The molecule has 0 fully saturated rings. The third kappa shape index (κ3) is 3.80. The molecule has 1 atom stereocenters. The maximum absolute atomic E-state index is 8.76. The lowest BCUT2D eigenvalue weighted by Crippen LogP contribution is -2.07. The van der Waals surface area contributed by atoms with E-state index < -0.39 is 6.10 Å². The molecule has 0 spiro atoms. The zero-order valence-corrected chi connectivity index (χ0v) is 13.7. The first-order valence-electron chi connectivity index (χ1n) is 7.86. The quantitative estimate of drug-likeness (QED) is 0.680. The zero-order chi connectivity index (χ0) is 16.9. The summed E-state index contributed by atoms with van der Waals surface area (Å²) in [6.45, 7) is 3.80. The van der Waals surface area contributed by atoms with Gasteiger partial charge in [-0.3, -0.25) is 0 Å². The third-order valence-corrected chi connectivity index (χ3v) is 3.69. The fraction of sp³-hybridized carbons (Fsp3) is 0.143. The summed E-state index contributed by atoms with van der Waals surface area (Å²) in [4.78, 5) is 4.65. The number of nitrogens with zero attached hydrogens (tertiary/aromatic N) is 2. The molecule has 0 aliphatic rings. The van der Waals surface area contributed by atoms with E-state index in [0.29, 0.717) is 5.75 Å². The fourth-order valence-corrected chi connectivity index (χ4v) is 2.42. The van der Waals surface area contributed by atoms with Crippen LogP contribution in [0, 0.1) is 18.3 Å². The van der Waals surface area contributed by atoms with Crippen molar-refractivity contribution in [2.75, 3.05) is 0 Å². The monoisotopic (exact) mass is 314 g/mol. The maximum atomic E-state index is 8.76. The van der Waals surface area contributed by atoms with E-state index in [1.807, 2.05) is 54.6 Å². The molecule has 0 aliphatic carbocycles. The molecule has 1 unspecified atom stereocenters. The molecule has 24 heavy (non-hydrogen) atoms. The highest BCUT2D eigenvalue weighted by Crippen LogP contribution is 2.17. The van der Waals surface area contributed by atoms with Gasteiger partial charge in [0.15, 0.2) is 6.10 Å². The second-order valence-electron chi connectivity index (χ2n) is 5.72. The molecular weight excluding hydrogens is 296 g/mol. The van der Waals surface area contributed by atoms with Crippen molar-refractivity contribution < 1.29 is 4.74 Å². The summed E-state index contributed by atoms with van der Waals surface area (Å²) in [5, 5.41) is 9.91. The Labute approximate surface area is 141 Å². The van der Waals surface area contributed by atoms with E-state index in [9.17, 15) is 0 Å². The largest absolute Gasteiger partial charge is 0.476 e. The number of aromatic nitrogens is 1. The number of hydrogen-bond donors (Lipinski definition) is 0. The van der Waals surface area contributed by atoms with E-state index in [-0.39, 0.29) is 0 Å². The SMILES string of the molecule is Cc1ccc2nc(/C=C/c3ccc(OC(C)C#N)cc3)ccc2c1. The Hall–Kier alpha value is -3.12. The van der Waals surface area contributed by atoms with E-state index >= 15 is 0 Å². The summed E-state index contributed by atoms with van der Waals surface area (Å²) >= 11 is 0. The Kier molecular flexibility index (Phi) is 4.58. The Bertz CT molecular complexity index is 921. The Balaban J connectivity index is 1.75.